The zero-order valence-corrected chi connectivity index (χ0v) is 17.6. The van der Waals surface area contributed by atoms with Crippen molar-refractivity contribution in [3.8, 4) is 5.75 Å². The summed E-state index contributed by atoms with van der Waals surface area (Å²) in [6, 6.07) is 18.0. The van der Waals surface area contributed by atoms with E-state index in [9.17, 15) is 4.79 Å². The van der Waals surface area contributed by atoms with Crippen molar-refractivity contribution < 1.29 is 9.53 Å². The third kappa shape index (κ3) is 8.25. The summed E-state index contributed by atoms with van der Waals surface area (Å²) in [5.41, 5.74) is 2.34. The molecule has 0 heterocycles. The molecule has 0 spiro atoms. The number of carbonyl (C=O) groups excluding carboxylic acids is 1. The normalized spacial score (nSPS) is 12.2. The van der Waals surface area contributed by atoms with Gasteiger partial charge in [0.25, 0.3) is 0 Å². The van der Waals surface area contributed by atoms with Crippen molar-refractivity contribution in [1.29, 1.82) is 0 Å². The summed E-state index contributed by atoms with van der Waals surface area (Å²) in [6.07, 6.45) is 0.955. The smallest absolute Gasteiger partial charge is 0.242 e. The predicted octanol–water partition coefficient (Wildman–Crippen LogP) is 3.06. The van der Waals surface area contributed by atoms with Crippen LogP contribution in [0.15, 0.2) is 59.6 Å². The molecule has 2 aromatic rings. The molecule has 6 heteroatoms. The van der Waals surface area contributed by atoms with Crippen LogP contribution in [-0.4, -0.2) is 38.6 Å². The van der Waals surface area contributed by atoms with E-state index in [0.29, 0.717) is 18.4 Å². The number of aliphatic imine (C=N–C) groups is 1. The molecule has 0 aliphatic rings. The Morgan fingerprint density at radius 2 is 1.76 bits per heavy atom. The van der Waals surface area contributed by atoms with Crippen molar-refractivity contribution in [1.82, 2.24) is 16.0 Å². The molecule has 0 saturated heterocycles. The lowest BCUT2D eigenvalue weighted by Crippen LogP contribution is -2.39. The maximum atomic E-state index is 12.1. The molecule has 0 fully saturated rings. The first-order valence-corrected chi connectivity index (χ1v) is 10.1. The van der Waals surface area contributed by atoms with Crippen molar-refractivity contribution in [2.75, 3.05) is 26.7 Å². The Bertz CT molecular complexity index is 760. The number of carbonyl (C=O) groups is 1. The van der Waals surface area contributed by atoms with Gasteiger partial charge in [0, 0.05) is 19.6 Å². The monoisotopic (exact) mass is 396 g/mol. The third-order valence-corrected chi connectivity index (χ3v) is 4.61. The summed E-state index contributed by atoms with van der Waals surface area (Å²) in [6.45, 7) is 6.32. The minimum Gasteiger partial charge on any atom is -0.497 e. The van der Waals surface area contributed by atoms with Crippen LogP contribution in [-0.2, 0) is 11.3 Å². The summed E-state index contributed by atoms with van der Waals surface area (Å²) in [4.78, 5) is 16.4. The first-order valence-electron chi connectivity index (χ1n) is 10.1. The lowest BCUT2D eigenvalue weighted by Gasteiger charge is -2.15. The number of hydrogen-bond acceptors (Lipinski definition) is 3. The van der Waals surface area contributed by atoms with Gasteiger partial charge in [-0.05, 0) is 42.5 Å². The summed E-state index contributed by atoms with van der Waals surface area (Å²) >= 11 is 0. The van der Waals surface area contributed by atoms with Crippen molar-refractivity contribution in [3.05, 3.63) is 65.7 Å². The average Bonchev–Trinajstić information content (AvgIpc) is 2.76. The molecule has 0 aliphatic heterocycles. The highest BCUT2D eigenvalue weighted by molar-refractivity contribution is 5.84. The molecule has 2 rings (SSSR count). The van der Waals surface area contributed by atoms with Gasteiger partial charge in [0.1, 0.15) is 12.3 Å². The number of rotatable bonds is 10. The van der Waals surface area contributed by atoms with Gasteiger partial charge in [-0.3, -0.25) is 4.79 Å². The fourth-order valence-electron chi connectivity index (χ4n) is 2.85. The van der Waals surface area contributed by atoms with E-state index in [1.165, 1.54) is 5.56 Å². The van der Waals surface area contributed by atoms with Crippen LogP contribution < -0.4 is 20.7 Å². The molecule has 0 bridgehead atoms. The van der Waals surface area contributed by atoms with Gasteiger partial charge >= 0.3 is 0 Å². The first kappa shape index (κ1) is 22.3. The summed E-state index contributed by atoms with van der Waals surface area (Å²) < 4.78 is 5.21. The van der Waals surface area contributed by atoms with E-state index in [1.807, 2.05) is 49.4 Å². The van der Waals surface area contributed by atoms with Crippen molar-refractivity contribution in [2.45, 2.75) is 32.7 Å². The van der Waals surface area contributed by atoms with Crippen LogP contribution in [0, 0.1) is 0 Å². The maximum Gasteiger partial charge on any atom is 0.242 e. The van der Waals surface area contributed by atoms with E-state index in [1.54, 1.807) is 7.11 Å². The van der Waals surface area contributed by atoms with E-state index in [2.05, 4.69) is 40.0 Å². The average molecular weight is 397 g/mol. The molecule has 3 N–H and O–H groups in total. The van der Waals surface area contributed by atoms with E-state index in [-0.39, 0.29) is 12.5 Å². The molecule has 1 unspecified atom stereocenters. The molecule has 0 aromatic heterocycles. The Kier molecular flexibility index (Phi) is 9.55. The lowest BCUT2D eigenvalue weighted by molar-refractivity contribution is -0.119. The van der Waals surface area contributed by atoms with Crippen molar-refractivity contribution in [3.63, 3.8) is 0 Å². The maximum absolute atomic E-state index is 12.1. The zero-order chi connectivity index (χ0) is 20.9. The standard InChI is InChI=1S/C23H32N4O2/c1-4-24-23(27-17-22(28)26-16-19-8-6-5-7-9-19)25-15-14-18(2)20-10-12-21(29-3)13-11-20/h5-13,18H,4,14-17H2,1-3H3,(H,26,28)(H2,24,25,27). The van der Waals surface area contributed by atoms with Crippen molar-refractivity contribution >= 4 is 11.9 Å². The molecule has 6 nitrogen and oxygen atoms in total. The highest BCUT2D eigenvalue weighted by atomic mass is 16.5. The molecule has 2 aromatic carbocycles. The molecule has 0 aliphatic carbocycles. The largest absolute Gasteiger partial charge is 0.497 e. The zero-order valence-electron chi connectivity index (χ0n) is 17.6. The number of hydrogen-bond donors (Lipinski definition) is 3. The number of nitrogens with zero attached hydrogens (tertiary/aromatic N) is 1. The van der Waals surface area contributed by atoms with Gasteiger partial charge in [0.05, 0.1) is 7.11 Å². The Morgan fingerprint density at radius 3 is 2.41 bits per heavy atom. The number of benzene rings is 2. The minimum absolute atomic E-state index is 0.0935. The topological polar surface area (TPSA) is 74.8 Å². The van der Waals surface area contributed by atoms with Crippen molar-refractivity contribution in [2.24, 2.45) is 4.99 Å². The number of amides is 1. The Morgan fingerprint density at radius 1 is 1.03 bits per heavy atom. The van der Waals surface area contributed by atoms with Crippen LogP contribution in [0.3, 0.4) is 0 Å². The molecule has 1 atom stereocenters. The van der Waals surface area contributed by atoms with Crippen LogP contribution in [0.4, 0.5) is 0 Å². The van der Waals surface area contributed by atoms with Crippen LogP contribution in [0.2, 0.25) is 0 Å². The van der Waals surface area contributed by atoms with Crippen LogP contribution in [0.25, 0.3) is 0 Å². The minimum atomic E-state index is -0.0994. The number of methoxy groups -OCH3 is 1. The summed E-state index contributed by atoms with van der Waals surface area (Å²) in [7, 11) is 1.67. The van der Waals surface area contributed by atoms with E-state index >= 15 is 0 Å². The number of ether oxygens (including phenoxy) is 1. The van der Waals surface area contributed by atoms with Crippen LogP contribution >= 0.6 is 0 Å². The van der Waals surface area contributed by atoms with Gasteiger partial charge in [-0.25, -0.2) is 4.99 Å². The van der Waals surface area contributed by atoms with Gasteiger partial charge in [0.2, 0.25) is 5.91 Å². The summed E-state index contributed by atoms with van der Waals surface area (Å²) in [5.74, 6) is 1.83. The van der Waals surface area contributed by atoms with Gasteiger partial charge < -0.3 is 20.7 Å². The molecule has 29 heavy (non-hydrogen) atoms. The van der Waals surface area contributed by atoms with Crippen LogP contribution in [0.5, 0.6) is 5.75 Å². The Labute approximate surface area is 173 Å². The fourth-order valence-corrected chi connectivity index (χ4v) is 2.85. The van der Waals surface area contributed by atoms with Gasteiger partial charge in [-0.15, -0.1) is 0 Å². The van der Waals surface area contributed by atoms with Gasteiger partial charge in [-0.2, -0.15) is 0 Å². The third-order valence-electron chi connectivity index (χ3n) is 4.61. The predicted molar refractivity (Wildman–Crippen MR) is 118 cm³/mol. The summed E-state index contributed by atoms with van der Waals surface area (Å²) in [5, 5.41) is 9.38. The van der Waals surface area contributed by atoms with Crippen LogP contribution in [0.1, 0.15) is 37.3 Å². The fraction of sp³-hybridized carbons (Fsp3) is 0.391. The molecular weight excluding hydrogens is 364 g/mol. The Balaban J connectivity index is 1.76. The Hall–Kier alpha value is -3.02. The number of guanidine groups is 1. The number of nitrogens with one attached hydrogen (secondary N) is 3. The second kappa shape index (κ2) is 12.4. The second-order valence-corrected chi connectivity index (χ2v) is 6.85. The van der Waals surface area contributed by atoms with Gasteiger partial charge in [0.15, 0.2) is 5.96 Å². The quantitative estimate of drug-likeness (QED) is 0.426. The SMILES string of the molecule is CCNC(=NCC(=O)NCc1ccccc1)NCCC(C)c1ccc(OC)cc1. The van der Waals surface area contributed by atoms with E-state index in [0.717, 1.165) is 30.8 Å². The van der Waals surface area contributed by atoms with Gasteiger partial charge in [-0.1, -0.05) is 49.4 Å². The molecule has 0 radical (unpaired) electrons. The second-order valence-electron chi connectivity index (χ2n) is 6.85. The van der Waals surface area contributed by atoms with E-state index < -0.39 is 0 Å². The molecule has 0 saturated carbocycles. The molecular formula is C23H32N4O2. The highest BCUT2D eigenvalue weighted by Crippen LogP contribution is 2.21. The lowest BCUT2D eigenvalue weighted by atomic mass is 9.98. The highest BCUT2D eigenvalue weighted by Gasteiger charge is 2.07. The molecule has 1 amide bonds. The molecule has 156 valence electrons. The van der Waals surface area contributed by atoms with E-state index in [4.69, 9.17) is 4.74 Å². The first-order chi connectivity index (χ1) is 14.1.